The molecule has 0 spiro atoms. The van der Waals surface area contributed by atoms with Gasteiger partial charge in [0.1, 0.15) is 12.7 Å². The second-order valence-electron chi connectivity index (χ2n) is 22.6. The summed E-state index contributed by atoms with van der Waals surface area (Å²) in [4.78, 5) is 88.1. The van der Waals surface area contributed by atoms with E-state index in [9.17, 15) is 48.9 Å². The minimum Gasteiger partial charge on any atom is -0.481 e. The molecule has 4 N–H and O–H groups in total. The molecule has 1 amide bonds. The highest BCUT2D eigenvalue weighted by molar-refractivity contribution is 5.76. The van der Waals surface area contributed by atoms with E-state index in [-0.39, 0.29) is 12.3 Å². The van der Waals surface area contributed by atoms with E-state index in [0.29, 0.717) is 19.3 Å². The predicted molar refractivity (Wildman–Crippen MR) is 304 cm³/mol. The highest BCUT2D eigenvalue weighted by Crippen LogP contribution is 2.42. The Morgan fingerprint density at radius 2 is 0.808 bits per heavy atom. The molecule has 1 saturated heterocycles. The van der Waals surface area contributed by atoms with Crippen LogP contribution < -0.4 is 5.32 Å². The molecule has 1 rings (SSSR count). The summed E-state index contributed by atoms with van der Waals surface area (Å²) >= 11 is 0. The van der Waals surface area contributed by atoms with Crippen molar-refractivity contribution in [3.8, 4) is 0 Å². The lowest BCUT2D eigenvalue weighted by molar-refractivity contribution is -0.269. The summed E-state index contributed by atoms with van der Waals surface area (Å²) in [6.45, 7) is 7.14. The van der Waals surface area contributed by atoms with E-state index in [1.165, 1.54) is 174 Å². The summed E-state index contributed by atoms with van der Waals surface area (Å²) in [5, 5.41) is 32.9. The van der Waals surface area contributed by atoms with Crippen LogP contribution in [0.4, 0.5) is 0 Å². The predicted octanol–water partition coefficient (Wildman–Crippen LogP) is 14.4. The number of carboxylic acid groups (broad SMARTS) is 3. The third-order valence-electron chi connectivity index (χ3n) is 15.4. The number of unbranched alkanes of at least 4 members (excludes halogenated alkanes) is 33. The largest absolute Gasteiger partial charge is 0.481 e. The van der Waals surface area contributed by atoms with E-state index in [1.54, 1.807) is 0 Å². The Bertz CT molecular complexity index is 1590. The Labute approximate surface area is 471 Å². The van der Waals surface area contributed by atoms with Crippen LogP contribution in [-0.4, -0.2) is 101 Å². The standard InChI is InChI=1S/C62H111NO15/c1-6-8-10-12-14-16-18-20-21-22-23-24-25-26-27-28-29-30-32-34-36-38-40-42-57(67)63-54(61(77-50(5)66)55(76-49(4)65)41-39-37-35-33-31-19-17-15-13-11-9-7-2)46-75-62-53(45-60(72)73)51(43-58(68)69)52(44-59(70)71)56(78-62)47-74-48(3)64/h51-56,61-62H,6-47H2,1-5H3,(H,63,67)(H,68,69)(H,70,71)(H,72,73)/t51-,52-,53+,54-,55+,56-,61-,62-/m0/s1. The van der Waals surface area contributed by atoms with Crippen molar-refractivity contribution in [2.24, 2.45) is 17.8 Å². The molecule has 0 unspecified atom stereocenters. The summed E-state index contributed by atoms with van der Waals surface area (Å²) in [5.74, 6) is -9.76. The van der Waals surface area contributed by atoms with Gasteiger partial charge in [0.25, 0.3) is 0 Å². The molecule has 8 atom stereocenters. The van der Waals surface area contributed by atoms with Crippen molar-refractivity contribution in [2.45, 2.75) is 322 Å². The second-order valence-corrected chi connectivity index (χ2v) is 22.6. The van der Waals surface area contributed by atoms with Crippen molar-refractivity contribution in [2.75, 3.05) is 13.2 Å². The topological polar surface area (TPSA) is 238 Å². The molecular weight excluding hydrogens is 999 g/mol. The summed E-state index contributed by atoms with van der Waals surface area (Å²) in [6, 6.07) is -1.16. The van der Waals surface area contributed by atoms with Gasteiger partial charge >= 0.3 is 35.8 Å². The van der Waals surface area contributed by atoms with Crippen molar-refractivity contribution in [3.63, 3.8) is 0 Å². The quantitative estimate of drug-likeness (QED) is 0.0252. The van der Waals surface area contributed by atoms with Gasteiger partial charge in [-0.2, -0.15) is 0 Å². The number of carbonyl (C=O) groups excluding carboxylic acids is 4. The maximum Gasteiger partial charge on any atom is 0.303 e. The number of rotatable bonds is 53. The summed E-state index contributed by atoms with van der Waals surface area (Å²) in [6.07, 6.45) is 35.7. The van der Waals surface area contributed by atoms with Crippen molar-refractivity contribution >= 4 is 41.7 Å². The van der Waals surface area contributed by atoms with E-state index in [4.69, 9.17) is 23.7 Å². The molecule has 0 aromatic heterocycles. The fourth-order valence-corrected chi connectivity index (χ4v) is 11.2. The van der Waals surface area contributed by atoms with Crippen molar-refractivity contribution < 1.29 is 72.6 Å². The van der Waals surface area contributed by atoms with E-state index in [0.717, 1.165) is 58.3 Å². The molecule has 0 radical (unpaired) electrons. The van der Waals surface area contributed by atoms with Crippen molar-refractivity contribution in [3.05, 3.63) is 0 Å². The van der Waals surface area contributed by atoms with Gasteiger partial charge in [0.2, 0.25) is 5.91 Å². The van der Waals surface area contributed by atoms with E-state index in [2.05, 4.69) is 19.2 Å². The average molecular weight is 1110 g/mol. The molecule has 454 valence electrons. The van der Waals surface area contributed by atoms with Crippen LogP contribution in [0.3, 0.4) is 0 Å². The smallest absolute Gasteiger partial charge is 0.303 e. The van der Waals surface area contributed by atoms with Gasteiger partial charge in [-0.1, -0.05) is 226 Å². The lowest BCUT2D eigenvalue weighted by Gasteiger charge is -2.46. The van der Waals surface area contributed by atoms with Crippen LogP contribution in [0.1, 0.15) is 291 Å². The summed E-state index contributed by atoms with van der Waals surface area (Å²) < 4.78 is 29.5. The first-order valence-corrected chi connectivity index (χ1v) is 31.3. The lowest BCUT2D eigenvalue weighted by atomic mass is 9.71. The molecule has 1 fully saturated rings. The number of hydrogen-bond acceptors (Lipinski definition) is 12. The molecule has 78 heavy (non-hydrogen) atoms. The Balaban J connectivity index is 3.02. The van der Waals surface area contributed by atoms with Crippen LogP contribution in [0, 0.1) is 17.8 Å². The van der Waals surface area contributed by atoms with Crippen LogP contribution in [0.2, 0.25) is 0 Å². The van der Waals surface area contributed by atoms with Crippen LogP contribution >= 0.6 is 0 Å². The average Bonchev–Trinajstić information content (AvgIpc) is 3.37. The maximum atomic E-state index is 13.9. The monoisotopic (exact) mass is 1110 g/mol. The highest BCUT2D eigenvalue weighted by Gasteiger charge is 2.49. The number of hydrogen-bond donors (Lipinski definition) is 4. The van der Waals surface area contributed by atoms with Crippen LogP contribution in [0.5, 0.6) is 0 Å². The zero-order chi connectivity index (χ0) is 57.6. The Hall–Kier alpha value is -3.79. The van der Waals surface area contributed by atoms with Crippen molar-refractivity contribution in [1.82, 2.24) is 5.32 Å². The third kappa shape index (κ3) is 38.7. The molecule has 0 saturated carbocycles. The maximum absolute atomic E-state index is 13.9. The number of nitrogens with one attached hydrogen (secondary N) is 1. The number of esters is 3. The number of ether oxygens (including phenoxy) is 5. The van der Waals surface area contributed by atoms with Gasteiger partial charge in [0.15, 0.2) is 12.4 Å². The first-order chi connectivity index (χ1) is 37.6. The fourth-order valence-electron chi connectivity index (χ4n) is 11.2. The second kappa shape index (κ2) is 48.0. The number of carbonyl (C=O) groups is 7. The lowest BCUT2D eigenvalue weighted by Crippen LogP contribution is -2.56. The molecule has 0 aromatic carbocycles. The summed E-state index contributed by atoms with van der Waals surface area (Å²) in [5.41, 5.74) is 0. The summed E-state index contributed by atoms with van der Waals surface area (Å²) in [7, 11) is 0. The zero-order valence-corrected chi connectivity index (χ0v) is 49.6. The van der Waals surface area contributed by atoms with Crippen LogP contribution in [0.15, 0.2) is 0 Å². The molecule has 1 heterocycles. The fraction of sp³-hybridized carbons (Fsp3) is 0.887. The Morgan fingerprint density at radius 3 is 1.18 bits per heavy atom. The van der Waals surface area contributed by atoms with Gasteiger partial charge in [-0.25, -0.2) is 0 Å². The minimum atomic E-state index is -1.50. The van der Waals surface area contributed by atoms with Gasteiger partial charge in [-0.3, -0.25) is 33.6 Å². The van der Waals surface area contributed by atoms with E-state index >= 15 is 0 Å². The number of carboxylic acids is 3. The highest BCUT2D eigenvalue weighted by atomic mass is 16.7. The van der Waals surface area contributed by atoms with Gasteiger partial charge in [0, 0.05) is 45.4 Å². The molecule has 0 bridgehead atoms. The first kappa shape index (κ1) is 72.2. The normalized spacial score (nSPS) is 18.4. The van der Waals surface area contributed by atoms with Gasteiger partial charge < -0.3 is 44.3 Å². The third-order valence-corrected chi connectivity index (χ3v) is 15.4. The molecule has 0 aromatic rings. The van der Waals surface area contributed by atoms with Crippen LogP contribution in [0.25, 0.3) is 0 Å². The van der Waals surface area contributed by atoms with Gasteiger partial charge in [-0.05, 0) is 25.2 Å². The Morgan fingerprint density at radius 1 is 0.449 bits per heavy atom. The zero-order valence-electron chi connectivity index (χ0n) is 49.6. The van der Waals surface area contributed by atoms with E-state index < -0.39 is 117 Å². The van der Waals surface area contributed by atoms with E-state index in [1.807, 2.05) is 0 Å². The molecule has 16 heteroatoms. The number of aliphatic carboxylic acids is 3. The first-order valence-electron chi connectivity index (χ1n) is 31.3. The number of amides is 1. The molecule has 1 aliphatic heterocycles. The van der Waals surface area contributed by atoms with Gasteiger partial charge in [0.05, 0.1) is 31.6 Å². The van der Waals surface area contributed by atoms with Crippen molar-refractivity contribution in [1.29, 1.82) is 0 Å². The molecule has 16 nitrogen and oxygen atoms in total. The molecule has 0 aliphatic carbocycles. The molecular formula is C62H111NO15. The van der Waals surface area contributed by atoms with Gasteiger partial charge in [-0.15, -0.1) is 0 Å². The Kier molecular flexibility index (Phi) is 44.4. The van der Waals surface area contributed by atoms with Crippen LogP contribution in [-0.2, 0) is 57.2 Å². The SMILES string of the molecule is CCCCCCCCCCCCCCCCCCCCCCCCCC(=O)N[C@@H](CO[C@H]1O[C@@H](COC(C)=O)[C@@H](CC(=O)O)[C@H](CC(=O)O)[C@H]1CC(=O)O)[C@H](OC(C)=O)[C@@H](CCCCCCCCCCCCCC)OC(C)=O. The molecule has 1 aliphatic rings. The minimum absolute atomic E-state index is 0.142.